The van der Waals surface area contributed by atoms with Crippen LogP contribution in [0.4, 0.5) is 0 Å². The number of carbonyl (C=O) groups excluding carboxylic acids is 3. The lowest BCUT2D eigenvalue weighted by Gasteiger charge is -2.28. The Kier molecular flexibility index (Phi) is 8.46. The third kappa shape index (κ3) is 5.95. The van der Waals surface area contributed by atoms with E-state index < -0.39 is 48.4 Å². The summed E-state index contributed by atoms with van der Waals surface area (Å²) in [4.78, 5) is 48.9. The molecule has 3 amide bonds. The Morgan fingerprint density at radius 1 is 1.19 bits per heavy atom. The van der Waals surface area contributed by atoms with Crippen LogP contribution >= 0.6 is 0 Å². The molecular formula is C16H28N4O6. The van der Waals surface area contributed by atoms with Crippen molar-refractivity contribution in [3.63, 3.8) is 0 Å². The summed E-state index contributed by atoms with van der Waals surface area (Å²) in [5.74, 6) is -2.82. The second-order valence-electron chi connectivity index (χ2n) is 6.73. The maximum Gasteiger partial charge on any atom is 0.326 e. The van der Waals surface area contributed by atoms with Crippen molar-refractivity contribution in [2.45, 2.75) is 51.2 Å². The van der Waals surface area contributed by atoms with Gasteiger partial charge in [0.15, 0.2) is 0 Å². The van der Waals surface area contributed by atoms with E-state index in [9.17, 15) is 29.4 Å². The minimum Gasteiger partial charge on any atom is -0.480 e. The van der Waals surface area contributed by atoms with E-state index >= 15 is 0 Å². The van der Waals surface area contributed by atoms with Crippen molar-refractivity contribution in [3.8, 4) is 0 Å². The highest BCUT2D eigenvalue weighted by Gasteiger charge is 2.38. The number of likely N-dealkylation sites (tertiary alicyclic amines) is 1. The van der Waals surface area contributed by atoms with Crippen LogP contribution in [0.5, 0.6) is 0 Å². The molecule has 0 aromatic carbocycles. The van der Waals surface area contributed by atoms with Crippen molar-refractivity contribution >= 4 is 23.7 Å². The number of carboxylic acids is 1. The van der Waals surface area contributed by atoms with E-state index in [0.717, 1.165) is 4.90 Å². The number of hydrogen-bond donors (Lipinski definition) is 5. The summed E-state index contributed by atoms with van der Waals surface area (Å²) in [5, 5.41) is 23.6. The van der Waals surface area contributed by atoms with Crippen LogP contribution < -0.4 is 16.4 Å². The monoisotopic (exact) mass is 372 g/mol. The number of aliphatic hydroxyl groups is 1. The summed E-state index contributed by atoms with van der Waals surface area (Å²) in [6, 6.07) is -3.13. The van der Waals surface area contributed by atoms with Crippen LogP contribution in [0.15, 0.2) is 0 Å². The molecule has 3 unspecified atom stereocenters. The number of nitrogens with two attached hydrogens (primary N) is 1. The van der Waals surface area contributed by atoms with E-state index in [2.05, 4.69) is 10.6 Å². The number of amides is 3. The fraction of sp³-hybridized carbons (Fsp3) is 0.750. The summed E-state index contributed by atoms with van der Waals surface area (Å²) < 4.78 is 0. The zero-order chi connectivity index (χ0) is 19.9. The highest BCUT2D eigenvalue weighted by Crippen LogP contribution is 2.18. The van der Waals surface area contributed by atoms with Gasteiger partial charge < -0.3 is 31.5 Å². The van der Waals surface area contributed by atoms with Crippen LogP contribution in [0.2, 0.25) is 0 Å². The zero-order valence-electron chi connectivity index (χ0n) is 15.1. The van der Waals surface area contributed by atoms with Gasteiger partial charge in [0, 0.05) is 6.54 Å². The largest absolute Gasteiger partial charge is 0.480 e. The molecule has 1 rings (SSSR count). The zero-order valence-corrected chi connectivity index (χ0v) is 15.1. The molecule has 148 valence electrons. The van der Waals surface area contributed by atoms with Crippen molar-refractivity contribution in [1.82, 2.24) is 15.5 Å². The van der Waals surface area contributed by atoms with Gasteiger partial charge in [0.25, 0.3) is 0 Å². The fourth-order valence-electron chi connectivity index (χ4n) is 2.90. The number of carbonyl (C=O) groups is 4. The molecule has 3 atom stereocenters. The molecule has 1 aliphatic heterocycles. The minimum atomic E-state index is -1.27. The molecule has 0 aliphatic carbocycles. The van der Waals surface area contributed by atoms with E-state index in [0.29, 0.717) is 19.3 Å². The molecule has 0 saturated carbocycles. The van der Waals surface area contributed by atoms with Crippen LogP contribution in [-0.2, 0) is 19.2 Å². The highest BCUT2D eigenvalue weighted by molar-refractivity contribution is 5.93. The van der Waals surface area contributed by atoms with Gasteiger partial charge in [-0.2, -0.15) is 0 Å². The first-order valence-corrected chi connectivity index (χ1v) is 8.65. The van der Waals surface area contributed by atoms with Crippen molar-refractivity contribution in [2.75, 3.05) is 19.7 Å². The molecule has 10 heteroatoms. The summed E-state index contributed by atoms with van der Waals surface area (Å²) in [6.45, 7) is 3.03. The van der Waals surface area contributed by atoms with Crippen LogP contribution in [0.3, 0.4) is 0 Å². The fourth-order valence-corrected chi connectivity index (χ4v) is 2.90. The van der Waals surface area contributed by atoms with Gasteiger partial charge in [-0.05, 0) is 25.2 Å². The molecule has 1 saturated heterocycles. The molecule has 0 aromatic heterocycles. The van der Waals surface area contributed by atoms with Gasteiger partial charge in [-0.15, -0.1) is 0 Å². The molecule has 6 N–H and O–H groups in total. The number of nitrogens with zero attached hydrogens (tertiary/aromatic N) is 1. The first kappa shape index (κ1) is 21.8. The maximum absolute atomic E-state index is 12.5. The molecule has 0 bridgehead atoms. The van der Waals surface area contributed by atoms with Gasteiger partial charge in [0.1, 0.15) is 18.1 Å². The van der Waals surface area contributed by atoms with Crippen molar-refractivity contribution in [1.29, 1.82) is 0 Å². The van der Waals surface area contributed by atoms with Crippen LogP contribution in [0.1, 0.15) is 33.1 Å². The number of aliphatic hydroxyl groups excluding tert-OH is 1. The third-order valence-electron chi connectivity index (χ3n) is 4.16. The highest BCUT2D eigenvalue weighted by atomic mass is 16.4. The standard InChI is InChI=1S/C16H28N4O6/c1-9(2)6-10(18-13(22)7-17)14(23)19-11(8-21)15(24)20-5-3-4-12(20)16(25)26/h9-12,21H,3-8,17H2,1-2H3,(H,18,22)(H,19,23)(H,25,26). The molecule has 1 heterocycles. The van der Waals surface area contributed by atoms with E-state index in [-0.39, 0.29) is 19.0 Å². The van der Waals surface area contributed by atoms with Crippen LogP contribution in [-0.4, -0.2) is 76.6 Å². The topological polar surface area (TPSA) is 162 Å². The lowest BCUT2D eigenvalue weighted by atomic mass is 10.0. The Morgan fingerprint density at radius 3 is 2.35 bits per heavy atom. The average Bonchev–Trinajstić information content (AvgIpc) is 3.07. The van der Waals surface area contributed by atoms with Gasteiger partial charge in [0.05, 0.1) is 13.2 Å². The Bertz CT molecular complexity index is 539. The van der Waals surface area contributed by atoms with Crippen LogP contribution in [0.25, 0.3) is 0 Å². The Morgan fingerprint density at radius 2 is 1.85 bits per heavy atom. The van der Waals surface area contributed by atoms with Gasteiger partial charge in [-0.3, -0.25) is 14.4 Å². The predicted octanol–water partition coefficient (Wildman–Crippen LogP) is -1.97. The smallest absolute Gasteiger partial charge is 0.326 e. The van der Waals surface area contributed by atoms with Gasteiger partial charge in [-0.1, -0.05) is 13.8 Å². The number of nitrogens with one attached hydrogen (secondary N) is 2. The lowest BCUT2D eigenvalue weighted by molar-refractivity contribution is -0.150. The average molecular weight is 372 g/mol. The predicted molar refractivity (Wildman–Crippen MR) is 91.8 cm³/mol. The van der Waals surface area contributed by atoms with Gasteiger partial charge in [-0.25, -0.2) is 4.79 Å². The van der Waals surface area contributed by atoms with E-state index in [4.69, 9.17) is 5.73 Å². The van der Waals surface area contributed by atoms with E-state index in [1.807, 2.05) is 13.8 Å². The number of aliphatic carboxylic acids is 1. The molecule has 0 radical (unpaired) electrons. The summed E-state index contributed by atoms with van der Waals surface area (Å²) in [6.07, 6.45) is 1.19. The van der Waals surface area contributed by atoms with Crippen molar-refractivity contribution in [3.05, 3.63) is 0 Å². The molecule has 26 heavy (non-hydrogen) atoms. The first-order valence-electron chi connectivity index (χ1n) is 8.65. The normalized spacial score (nSPS) is 19.1. The molecular weight excluding hydrogens is 344 g/mol. The number of carboxylic acid groups (broad SMARTS) is 1. The summed E-state index contributed by atoms with van der Waals surface area (Å²) in [5.41, 5.74) is 5.25. The van der Waals surface area contributed by atoms with E-state index in [1.165, 1.54) is 0 Å². The maximum atomic E-state index is 12.5. The van der Waals surface area contributed by atoms with Gasteiger partial charge in [0.2, 0.25) is 17.7 Å². The Hall–Kier alpha value is -2.20. The molecule has 0 spiro atoms. The Balaban J connectivity index is 2.82. The number of hydrogen-bond acceptors (Lipinski definition) is 6. The third-order valence-corrected chi connectivity index (χ3v) is 4.16. The number of rotatable bonds is 9. The summed E-state index contributed by atoms with van der Waals surface area (Å²) in [7, 11) is 0. The minimum absolute atomic E-state index is 0.0853. The molecule has 0 aromatic rings. The SMILES string of the molecule is CC(C)CC(NC(=O)CN)C(=O)NC(CO)C(=O)N1CCCC1C(=O)O. The molecule has 1 aliphatic rings. The quantitative estimate of drug-likeness (QED) is 0.313. The lowest BCUT2D eigenvalue weighted by Crippen LogP contribution is -2.57. The van der Waals surface area contributed by atoms with Crippen molar-refractivity contribution in [2.24, 2.45) is 11.7 Å². The first-order chi connectivity index (χ1) is 12.2. The van der Waals surface area contributed by atoms with Gasteiger partial charge >= 0.3 is 5.97 Å². The second-order valence-corrected chi connectivity index (χ2v) is 6.73. The van der Waals surface area contributed by atoms with Crippen molar-refractivity contribution < 1.29 is 29.4 Å². The second kappa shape index (κ2) is 10.1. The Labute approximate surface area is 152 Å². The van der Waals surface area contributed by atoms with Crippen LogP contribution in [0, 0.1) is 5.92 Å². The summed E-state index contributed by atoms with van der Waals surface area (Å²) >= 11 is 0. The molecule has 10 nitrogen and oxygen atoms in total. The van der Waals surface area contributed by atoms with E-state index in [1.54, 1.807) is 0 Å². The molecule has 1 fully saturated rings.